The molecule has 0 unspecified atom stereocenters. The molecule has 1 heterocycles. The first-order chi connectivity index (χ1) is 13.6. The van der Waals surface area contributed by atoms with Crippen molar-refractivity contribution >= 4 is 11.9 Å². The van der Waals surface area contributed by atoms with Crippen LogP contribution in [0.15, 0.2) is 53.1 Å². The third kappa shape index (κ3) is 7.08. The fourth-order valence-corrected chi connectivity index (χ4v) is 2.77. The number of amides is 3. The van der Waals surface area contributed by atoms with Gasteiger partial charge in [0.15, 0.2) is 0 Å². The Bertz CT molecular complexity index is 704. The number of hydrogen-bond acceptors (Lipinski definition) is 4. The van der Waals surface area contributed by atoms with Crippen LogP contribution in [0.4, 0.5) is 4.79 Å². The lowest BCUT2D eigenvalue weighted by Crippen LogP contribution is -2.48. The van der Waals surface area contributed by atoms with Crippen LogP contribution in [0.1, 0.15) is 18.2 Å². The SMILES string of the molecule is CCNC(=O)N(CCOC)CC(=O)N(CCc1ccccc1)Cc1ccco1. The van der Waals surface area contributed by atoms with Crippen molar-refractivity contribution in [1.82, 2.24) is 15.1 Å². The minimum Gasteiger partial charge on any atom is -0.467 e. The van der Waals surface area contributed by atoms with Gasteiger partial charge in [0.1, 0.15) is 12.3 Å². The summed E-state index contributed by atoms with van der Waals surface area (Å²) in [5.41, 5.74) is 1.15. The van der Waals surface area contributed by atoms with E-state index in [-0.39, 0.29) is 18.5 Å². The zero-order chi connectivity index (χ0) is 20.2. The van der Waals surface area contributed by atoms with E-state index < -0.39 is 0 Å². The van der Waals surface area contributed by atoms with Crippen molar-refractivity contribution in [3.05, 3.63) is 60.1 Å². The summed E-state index contributed by atoms with van der Waals surface area (Å²) >= 11 is 0. The van der Waals surface area contributed by atoms with E-state index in [0.717, 1.165) is 12.0 Å². The quantitative estimate of drug-likeness (QED) is 0.643. The average molecular weight is 387 g/mol. The molecule has 0 radical (unpaired) electrons. The molecule has 7 heteroatoms. The molecule has 2 aromatic rings. The highest BCUT2D eigenvalue weighted by Crippen LogP contribution is 2.09. The number of hydrogen-bond donors (Lipinski definition) is 1. The maximum absolute atomic E-state index is 13.0. The van der Waals surface area contributed by atoms with E-state index in [9.17, 15) is 9.59 Å². The maximum Gasteiger partial charge on any atom is 0.317 e. The highest BCUT2D eigenvalue weighted by Gasteiger charge is 2.21. The Hall–Kier alpha value is -2.80. The van der Waals surface area contributed by atoms with Crippen molar-refractivity contribution in [3.8, 4) is 0 Å². The molecule has 0 saturated heterocycles. The van der Waals surface area contributed by atoms with Crippen molar-refractivity contribution in [1.29, 1.82) is 0 Å². The number of carbonyl (C=O) groups is 2. The molecule has 28 heavy (non-hydrogen) atoms. The van der Waals surface area contributed by atoms with Gasteiger partial charge >= 0.3 is 6.03 Å². The van der Waals surface area contributed by atoms with Crippen LogP contribution in [0.25, 0.3) is 0 Å². The number of methoxy groups -OCH3 is 1. The lowest BCUT2D eigenvalue weighted by molar-refractivity contribution is -0.132. The van der Waals surface area contributed by atoms with Crippen molar-refractivity contribution < 1.29 is 18.7 Å². The minimum atomic E-state index is -0.270. The van der Waals surface area contributed by atoms with Gasteiger partial charge in [0, 0.05) is 26.7 Å². The number of benzene rings is 1. The number of nitrogens with zero attached hydrogens (tertiary/aromatic N) is 2. The largest absolute Gasteiger partial charge is 0.467 e. The summed E-state index contributed by atoms with van der Waals surface area (Å²) in [6.07, 6.45) is 2.32. The Morgan fingerprint density at radius 2 is 1.86 bits per heavy atom. The summed E-state index contributed by atoms with van der Waals surface area (Å²) in [4.78, 5) is 28.5. The van der Waals surface area contributed by atoms with E-state index in [1.54, 1.807) is 24.3 Å². The maximum atomic E-state index is 13.0. The molecular formula is C21H29N3O4. The Kier molecular flexibility index (Phi) is 9.07. The van der Waals surface area contributed by atoms with Crippen molar-refractivity contribution in [2.24, 2.45) is 0 Å². The van der Waals surface area contributed by atoms with Crippen molar-refractivity contribution in [2.75, 3.05) is 39.9 Å². The van der Waals surface area contributed by atoms with E-state index in [4.69, 9.17) is 9.15 Å². The Balaban J connectivity index is 2.05. The Morgan fingerprint density at radius 1 is 1.07 bits per heavy atom. The van der Waals surface area contributed by atoms with Gasteiger partial charge in [0.2, 0.25) is 5.91 Å². The topological polar surface area (TPSA) is 75.0 Å². The van der Waals surface area contributed by atoms with Gasteiger partial charge in [-0.05, 0) is 31.0 Å². The summed E-state index contributed by atoms with van der Waals surface area (Å²) in [6, 6.07) is 13.4. The van der Waals surface area contributed by atoms with E-state index in [1.807, 2.05) is 43.3 Å². The van der Waals surface area contributed by atoms with Crippen LogP contribution in [0, 0.1) is 0 Å². The second-order valence-corrected chi connectivity index (χ2v) is 6.38. The summed E-state index contributed by atoms with van der Waals surface area (Å²) in [7, 11) is 1.57. The standard InChI is InChI=1S/C21H29N3O4/c1-3-22-21(26)24(13-15-27-2)17-20(25)23(16-19-10-7-14-28-19)12-11-18-8-5-4-6-9-18/h4-10,14H,3,11-13,15-17H2,1-2H3,(H,22,26). The summed E-state index contributed by atoms with van der Waals surface area (Å²) in [5.74, 6) is 0.581. The van der Waals surface area contributed by atoms with Crippen LogP contribution in [-0.4, -0.2) is 61.6 Å². The number of carbonyl (C=O) groups excluding carboxylic acids is 2. The predicted octanol–water partition coefficient (Wildman–Crippen LogP) is 2.53. The van der Waals surface area contributed by atoms with Crippen molar-refractivity contribution in [3.63, 3.8) is 0 Å². The second-order valence-electron chi connectivity index (χ2n) is 6.38. The van der Waals surface area contributed by atoms with E-state index >= 15 is 0 Å². The van der Waals surface area contributed by atoms with Crippen LogP contribution >= 0.6 is 0 Å². The smallest absolute Gasteiger partial charge is 0.317 e. The third-order valence-corrected chi connectivity index (χ3v) is 4.30. The highest BCUT2D eigenvalue weighted by molar-refractivity contribution is 5.84. The summed E-state index contributed by atoms with van der Waals surface area (Å²) in [5, 5.41) is 2.74. The molecule has 0 spiro atoms. The number of rotatable bonds is 11. The molecule has 3 amide bonds. The molecular weight excluding hydrogens is 358 g/mol. The molecule has 0 bridgehead atoms. The predicted molar refractivity (Wildman–Crippen MR) is 107 cm³/mol. The van der Waals surface area contributed by atoms with Gasteiger partial charge in [0.05, 0.1) is 19.4 Å². The van der Waals surface area contributed by atoms with Crippen molar-refractivity contribution in [2.45, 2.75) is 19.9 Å². The Morgan fingerprint density at radius 3 is 2.50 bits per heavy atom. The molecule has 0 aliphatic heterocycles. The second kappa shape index (κ2) is 11.8. The van der Waals surface area contributed by atoms with Crippen LogP contribution in [0.2, 0.25) is 0 Å². The molecule has 0 aliphatic carbocycles. The van der Waals surface area contributed by atoms with Gasteiger partial charge in [-0.15, -0.1) is 0 Å². The lowest BCUT2D eigenvalue weighted by atomic mass is 10.1. The first-order valence-corrected chi connectivity index (χ1v) is 9.49. The van der Waals surface area contributed by atoms with Gasteiger partial charge in [-0.1, -0.05) is 30.3 Å². The molecule has 0 fully saturated rings. The number of ether oxygens (including phenoxy) is 1. The molecule has 0 aliphatic rings. The van der Waals surface area contributed by atoms with Gasteiger partial charge < -0.3 is 24.3 Å². The van der Waals surface area contributed by atoms with Gasteiger partial charge in [-0.25, -0.2) is 4.79 Å². The zero-order valence-electron chi connectivity index (χ0n) is 16.6. The summed E-state index contributed by atoms with van der Waals surface area (Å²) < 4.78 is 10.5. The Labute approximate surface area is 166 Å². The molecule has 1 N–H and O–H groups in total. The fourth-order valence-electron chi connectivity index (χ4n) is 2.77. The molecule has 2 rings (SSSR count). The van der Waals surface area contributed by atoms with Crippen LogP contribution in [0.3, 0.4) is 0 Å². The first kappa shape index (κ1) is 21.5. The van der Waals surface area contributed by atoms with Gasteiger partial charge in [-0.2, -0.15) is 0 Å². The molecule has 0 atom stereocenters. The minimum absolute atomic E-state index is 0.00923. The van der Waals surface area contributed by atoms with Crippen LogP contribution < -0.4 is 5.32 Å². The van der Waals surface area contributed by atoms with Crippen LogP contribution in [0.5, 0.6) is 0 Å². The highest BCUT2D eigenvalue weighted by atomic mass is 16.5. The van der Waals surface area contributed by atoms with E-state index in [0.29, 0.717) is 38.5 Å². The van der Waals surface area contributed by atoms with Crippen LogP contribution in [-0.2, 0) is 22.5 Å². The molecule has 1 aromatic carbocycles. The number of furan rings is 1. The average Bonchev–Trinajstić information content (AvgIpc) is 3.22. The molecule has 152 valence electrons. The normalized spacial score (nSPS) is 10.5. The summed E-state index contributed by atoms with van der Waals surface area (Å²) in [6.45, 7) is 3.96. The van der Waals surface area contributed by atoms with Gasteiger partial charge in [-0.3, -0.25) is 4.79 Å². The van der Waals surface area contributed by atoms with E-state index in [1.165, 1.54) is 4.90 Å². The molecule has 1 aromatic heterocycles. The van der Waals surface area contributed by atoms with Gasteiger partial charge in [0.25, 0.3) is 0 Å². The fraction of sp³-hybridized carbons (Fsp3) is 0.429. The number of nitrogens with one attached hydrogen (secondary N) is 1. The number of urea groups is 1. The first-order valence-electron chi connectivity index (χ1n) is 9.49. The van der Waals surface area contributed by atoms with E-state index in [2.05, 4.69) is 5.32 Å². The third-order valence-electron chi connectivity index (χ3n) is 4.30. The zero-order valence-corrected chi connectivity index (χ0v) is 16.6. The monoisotopic (exact) mass is 387 g/mol. The molecule has 0 saturated carbocycles. The lowest BCUT2D eigenvalue weighted by Gasteiger charge is -2.27. The molecule has 7 nitrogen and oxygen atoms in total.